The molecule has 0 aliphatic carbocycles. The molecule has 0 bridgehead atoms. The van der Waals surface area contributed by atoms with Crippen molar-refractivity contribution in [2.24, 2.45) is 0 Å². The molecule has 2 saturated heterocycles. The number of nitrogens with zero attached hydrogens (tertiary/aromatic N) is 3. The van der Waals surface area contributed by atoms with Gasteiger partial charge in [-0.3, -0.25) is 0 Å². The van der Waals surface area contributed by atoms with Crippen LogP contribution >= 0.6 is 0 Å². The third-order valence-electron chi connectivity index (χ3n) is 3.58. The highest BCUT2D eigenvalue weighted by Gasteiger charge is 2.23. The molecule has 18 heavy (non-hydrogen) atoms. The lowest BCUT2D eigenvalue weighted by atomic mass is 10.0. The maximum Gasteiger partial charge on any atom is 0.156 e. The first-order valence-electron chi connectivity index (χ1n) is 6.56. The van der Waals surface area contributed by atoms with E-state index < -0.39 is 0 Å². The number of rotatable bonds is 4. The smallest absolute Gasteiger partial charge is 0.156 e. The Bertz CT molecular complexity index is 415. The number of aromatic nitrogens is 2. The van der Waals surface area contributed by atoms with Crippen molar-refractivity contribution in [1.82, 2.24) is 9.97 Å². The van der Waals surface area contributed by atoms with Crippen LogP contribution in [0.25, 0.3) is 0 Å². The standard InChI is InChI=1S/C13H19N3O2/c1-17-9-12-14-11(10-3-6-18-8-10)7-13(15-12)16-4-2-5-16/h7,10H,2-6,8-9H2,1H3/t10-/m1/s1. The van der Waals surface area contributed by atoms with Crippen molar-refractivity contribution in [1.29, 1.82) is 0 Å². The van der Waals surface area contributed by atoms with Gasteiger partial charge in [0.1, 0.15) is 12.4 Å². The molecule has 98 valence electrons. The van der Waals surface area contributed by atoms with Crippen molar-refractivity contribution in [2.45, 2.75) is 25.4 Å². The van der Waals surface area contributed by atoms with Crippen LogP contribution in [0.1, 0.15) is 30.3 Å². The van der Waals surface area contributed by atoms with E-state index in [9.17, 15) is 0 Å². The molecule has 5 heteroatoms. The summed E-state index contributed by atoms with van der Waals surface area (Å²) in [5, 5.41) is 0. The van der Waals surface area contributed by atoms with Crippen LogP contribution in [0, 0.1) is 0 Å². The molecule has 0 saturated carbocycles. The van der Waals surface area contributed by atoms with Crippen LogP contribution in [0.4, 0.5) is 5.82 Å². The Morgan fingerprint density at radius 2 is 2.33 bits per heavy atom. The molecule has 1 aromatic heterocycles. The number of ether oxygens (including phenoxy) is 2. The Kier molecular flexibility index (Phi) is 3.43. The number of methoxy groups -OCH3 is 1. The van der Waals surface area contributed by atoms with E-state index in [0.717, 1.165) is 50.1 Å². The van der Waals surface area contributed by atoms with Crippen molar-refractivity contribution < 1.29 is 9.47 Å². The molecule has 2 aliphatic rings. The highest BCUT2D eigenvalue weighted by Crippen LogP contribution is 2.27. The summed E-state index contributed by atoms with van der Waals surface area (Å²) >= 11 is 0. The van der Waals surface area contributed by atoms with Crippen LogP contribution in [0.15, 0.2) is 6.07 Å². The topological polar surface area (TPSA) is 47.5 Å². The highest BCUT2D eigenvalue weighted by atomic mass is 16.5. The van der Waals surface area contributed by atoms with Gasteiger partial charge in [-0.05, 0) is 12.8 Å². The SMILES string of the molecule is COCc1nc([C@@H]2CCOC2)cc(N2CCC2)n1. The minimum absolute atomic E-state index is 0.420. The molecule has 0 unspecified atom stereocenters. The molecule has 1 atom stereocenters. The van der Waals surface area contributed by atoms with Crippen molar-refractivity contribution in [2.75, 3.05) is 38.3 Å². The van der Waals surface area contributed by atoms with E-state index in [1.807, 2.05) is 0 Å². The van der Waals surface area contributed by atoms with Crippen LogP contribution < -0.4 is 4.90 Å². The lowest BCUT2D eigenvalue weighted by molar-refractivity contribution is 0.177. The zero-order chi connectivity index (χ0) is 12.4. The number of hydrogen-bond donors (Lipinski definition) is 0. The fourth-order valence-electron chi connectivity index (χ4n) is 2.38. The van der Waals surface area contributed by atoms with Gasteiger partial charge in [0.25, 0.3) is 0 Å². The molecule has 3 heterocycles. The van der Waals surface area contributed by atoms with Crippen molar-refractivity contribution in [3.8, 4) is 0 Å². The summed E-state index contributed by atoms with van der Waals surface area (Å²) in [6.07, 6.45) is 2.31. The van der Waals surface area contributed by atoms with E-state index in [2.05, 4.69) is 20.9 Å². The normalized spacial score (nSPS) is 23.2. The fraction of sp³-hybridized carbons (Fsp3) is 0.692. The second-order valence-corrected chi connectivity index (χ2v) is 4.90. The summed E-state index contributed by atoms with van der Waals surface area (Å²) < 4.78 is 10.6. The zero-order valence-corrected chi connectivity index (χ0v) is 10.8. The Morgan fingerprint density at radius 1 is 1.44 bits per heavy atom. The van der Waals surface area contributed by atoms with E-state index in [4.69, 9.17) is 9.47 Å². The van der Waals surface area contributed by atoms with E-state index in [0.29, 0.717) is 12.5 Å². The van der Waals surface area contributed by atoms with Gasteiger partial charge in [0.2, 0.25) is 0 Å². The number of hydrogen-bond acceptors (Lipinski definition) is 5. The molecule has 0 amide bonds. The molecule has 0 radical (unpaired) electrons. The van der Waals surface area contributed by atoms with E-state index in [1.165, 1.54) is 6.42 Å². The van der Waals surface area contributed by atoms with E-state index in [1.54, 1.807) is 7.11 Å². The lowest BCUT2D eigenvalue weighted by Crippen LogP contribution is -2.38. The van der Waals surface area contributed by atoms with Crippen molar-refractivity contribution in [3.05, 3.63) is 17.6 Å². The third-order valence-corrected chi connectivity index (χ3v) is 3.58. The molecule has 0 N–H and O–H groups in total. The average Bonchev–Trinajstić information content (AvgIpc) is 2.80. The van der Waals surface area contributed by atoms with Gasteiger partial charge in [0.05, 0.1) is 12.3 Å². The molecule has 0 spiro atoms. The maximum absolute atomic E-state index is 5.45. The fourth-order valence-corrected chi connectivity index (χ4v) is 2.38. The van der Waals surface area contributed by atoms with Gasteiger partial charge in [0.15, 0.2) is 5.82 Å². The first-order chi connectivity index (χ1) is 8.86. The van der Waals surface area contributed by atoms with Gasteiger partial charge in [-0.25, -0.2) is 9.97 Å². The molecule has 1 aromatic rings. The molecule has 5 nitrogen and oxygen atoms in total. The molecule has 0 aromatic carbocycles. The van der Waals surface area contributed by atoms with Gasteiger partial charge in [0, 0.05) is 38.8 Å². The summed E-state index contributed by atoms with van der Waals surface area (Å²) in [5.74, 6) is 2.25. The van der Waals surface area contributed by atoms with Crippen LogP contribution in [-0.2, 0) is 16.1 Å². The summed E-state index contributed by atoms with van der Waals surface area (Å²) in [6.45, 7) is 4.30. The predicted molar refractivity (Wildman–Crippen MR) is 67.8 cm³/mol. The second kappa shape index (κ2) is 5.20. The summed E-state index contributed by atoms with van der Waals surface area (Å²) in [4.78, 5) is 11.5. The van der Waals surface area contributed by atoms with Crippen LogP contribution in [0.2, 0.25) is 0 Å². The molecule has 2 fully saturated rings. The first-order valence-corrected chi connectivity index (χ1v) is 6.56. The first kappa shape index (κ1) is 11.9. The Hall–Kier alpha value is -1.20. The Balaban J connectivity index is 1.88. The van der Waals surface area contributed by atoms with Crippen molar-refractivity contribution in [3.63, 3.8) is 0 Å². The van der Waals surface area contributed by atoms with Gasteiger partial charge >= 0.3 is 0 Å². The Labute approximate surface area is 107 Å². The molecular formula is C13H19N3O2. The van der Waals surface area contributed by atoms with Crippen LogP contribution in [-0.4, -0.2) is 43.4 Å². The highest BCUT2D eigenvalue weighted by molar-refractivity contribution is 5.43. The molecule has 2 aliphatic heterocycles. The van der Waals surface area contributed by atoms with Crippen molar-refractivity contribution >= 4 is 5.82 Å². The predicted octanol–water partition coefficient (Wildman–Crippen LogP) is 1.34. The molecule has 3 rings (SSSR count). The van der Waals surface area contributed by atoms with E-state index in [-0.39, 0.29) is 0 Å². The summed E-state index contributed by atoms with van der Waals surface area (Å²) in [5.41, 5.74) is 1.11. The van der Waals surface area contributed by atoms with Gasteiger partial charge < -0.3 is 14.4 Å². The monoisotopic (exact) mass is 249 g/mol. The van der Waals surface area contributed by atoms with E-state index >= 15 is 0 Å². The van der Waals surface area contributed by atoms with Crippen LogP contribution in [0.3, 0.4) is 0 Å². The second-order valence-electron chi connectivity index (χ2n) is 4.90. The van der Waals surface area contributed by atoms with Gasteiger partial charge in [-0.2, -0.15) is 0 Å². The molecular weight excluding hydrogens is 230 g/mol. The maximum atomic E-state index is 5.45. The lowest BCUT2D eigenvalue weighted by Gasteiger charge is -2.32. The average molecular weight is 249 g/mol. The minimum atomic E-state index is 0.420. The minimum Gasteiger partial charge on any atom is -0.381 e. The Morgan fingerprint density at radius 3 is 2.94 bits per heavy atom. The third kappa shape index (κ3) is 2.33. The summed E-state index contributed by atoms with van der Waals surface area (Å²) in [7, 11) is 1.68. The zero-order valence-electron chi connectivity index (χ0n) is 10.8. The summed E-state index contributed by atoms with van der Waals surface area (Å²) in [6, 6.07) is 2.12. The quantitative estimate of drug-likeness (QED) is 0.806. The van der Waals surface area contributed by atoms with Crippen LogP contribution in [0.5, 0.6) is 0 Å². The number of anilines is 1. The largest absolute Gasteiger partial charge is 0.381 e. The van der Waals surface area contributed by atoms with Gasteiger partial charge in [-0.15, -0.1) is 0 Å². The van der Waals surface area contributed by atoms with Gasteiger partial charge in [-0.1, -0.05) is 0 Å².